The van der Waals surface area contributed by atoms with Gasteiger partial charge in [0.25, 0.3) is 0 Å². The minimum absolute atomic E-state index is 0.0953. The molecule has 16 heteroatoms. The Hall–Kier alpha value is -3.33. The summed E-state index contributed by atoms with van der Waals surface area (Å²) in [5.41, 5.74) is -12.6. The molecule has 0 saturated heterocycles. The topological polar surface area (TPSA) is 0 Å². The molecule has 0 aliphatic rings. The van der Waals surface area contributed by atoms with Gasteiger partial charge in [-0.15, -0.1) is 0 Å². The molecule has 3 rings (SSSR count). The predicted molar refractivity (Wildman–Crippen MR) is 104 cm³/mol. The zero-order valence-corrected chi connectivity index (χ0v) is 17.9. The maximum absolute atomic E-state index is 14.7. The highest BCUT2D eigenvalue weighted by atomic mass is 19.4. The highest BCUT2D eigenvalue weighted by molar-refractivity contribution is 6.95. The van der Waals surface area contributed by atoms with E-state index in [0.717, 1.165) is 0 Å². The lowest BCUT2D eigenvalue weighted by Crippen LogP contribution is -2.55. The van der Waals surface area contributed by atoms with Gasteiger partial charge in [0.05, 0.1) is 22.3 Å². The second-order valence-corrected chi connectivity index (χ2v) is 7.89. The standard InChI is InChI=1S/C22H8BF15/c24-15-7-16(25)18(17(26)8-15)23(13-3-9(19(27,28)29)1-10(4-13)20(30,31)32)14-5-11(21(33,34)35)2-12(6-14)22(36,37)38/h1-8H. The summed E-state index contributed by atoms with van der Waals surface area (Å²) in [5, 5.41) is 0. The molecule has 0 aliphatic carbocycles. The van der Waals surface area contributed by atoms with Crippen LogP contribution in [-0.4, -0.2) is 6.71 Å². The molecular formula is C22H8BF15. The van der Waals surface area contributed by atoms with Crippen LogP contribution in [0.25, 0.3) is 0 Å². The van der Waals surface area contributed by atoms with Crippen molar-refractivity contribution in [3.8, 4) is 0 Å². The molecule has 204 valence electrons. The number of rotatable bonds is 3. The van der Waals surface area contributed by atoms with Crippen molar-refractivity contribution in [2.24, 2.45) is 0 Å². The summed E-state index contributed by atoms with van der Waals surface area (Å²) in [6.07, 6.45) is -22.1. The second kappa shape index (κ2) is 9.45. The first-order valence-electron chi connectivity index (χ1n) is 9.82. The fourth-order valence-electron chi connectivity index (χ4n) is 3.65. The van der Waals surface area contributed by atoms with Gasteiger partial charge in [0.1, 0.15) is 17.5 Å². The summed E-state index contributed by atoms with van der Waals surface area (Å²) in [5.74, 6) is -5.63. The van der Waals surface area contributed by atoms with Crippen LogP contribution >= 0.6 is 0 Å². The number of benzene rings is 3. The molecule has 0 N–H and O–H groups in total. The zero-order chi connectivity index (χ0) is 29.0. The molecule has 0 nitrogen and oxygen atoms in total. The SMILES string of the molecule is Fc1cc(F)c(B(c2cc(C(F)(F)F)cc(C(F)(F)F)c2)c2cc(C(F)(F)F)cc(C(F)(F)F)c2)c(F)c1. The fourth-order valence-corrected chi connectivity index (χ4v) is 3.65. The molecule has 0 spiro atoms. The Morgan fingerprint density at radius 1 is 0.395 bits per heavy atom. The van der Waals surface area contributed by atoms with Crippen LogP contribution in [0.1, 0.15) is 22.3 Å². The van der Waals surface area contributed by atoms with Crippen molar-refractivity contribution >= 4 is 23.1 Å². The summed E-state index contributed by atoms with van der Waals surface area (Å²) in [4.78, 5) is 0. The van der Waals surface area contributed by atoms with Gasteiger partial charge < -0.3 is 0 Å². The van der Waals surface area contributed by atoms with Gasteiger partial charge in [-0.05, 0) is 12.1 Å². The van der Waals surface area contributed by atoms with E-state index >= 15 is 0 Å². The van der Waals surface area contributed by atoms with Crippen molar-refractivity contribution in [2.45, 2.75) is 24.7 Å². The first kappa shape index (κ1) is 29.2. The predicted octanol–water partition coefficient (Wildman–Crippen LogP) is 6.70. The Balaban J connectivity index is 2.52. The van der Waals surface area contributed by atoms with Crippen molar-refractivity contribution in [3.05, 3.63) is 88.2 Å². The van der Waals surface area contributed by atoms with Gasteiger partial charge in [-0.2, -0.15) is 52.7 Å². The molecule has 38 heavy (non-hydrogen) atoms. The lowest BCUT2D eigenvalue weighted by molar-refractivity contribution is -0.144. The van der Waals surface area contributed by atoms with Crippen LogP contribution in [0.15, 0.2) is 48.5 Å². The van der Waals surface area contributed by atoms with E-state index in [9.17, 15) is 65.9 Å². The average molecular weight is 568 g/mol. The van der Waals surface area contributed by atoms with Gasteiger partial charge in [0, 0.05) is 17.6 Å². The molecule has 0 amide bonds. The van der Waals surface area contributed by atoms with Gasteiger partial charge in [-0.25, -0.2) is 13.2 Å². The van der Waals surface area contributed by atoms with E-state index in [2.05, 4.69) is 0 Å². The van der Waals surface area contributed by atoms with Crippen molar-refractivity contribution in [1.82, 2.24) is 0 Å². The van der Waals surface area contributed by atoms with Crippen LogP contribution in [-0.2, 0) is 24.7 Å². The van der Waals surface area contributed by atoms with E-state index < -0.39 is 99.6 Å². The zero-order valence-electron chi connectivity index (χ0n) is 17.9. The van der Waals surface area contributed by atoms with Crippen molar-refractivity contribution in [2.75, 3.05) is 0 Å². The number of hydrogen-bond acceptors (Lipinski definition) is 0. The molecule has 0 atom stereocenters. The van der Waals surface area contributed by atoms with E-state index in [-0.39, 0.29) is 36.4 Å². The molecule has 0 bridgehead atoms. The largest absolute Gasteiger partial charge is 0.416 e. The fraction of sp³-hybridized carbons (Fsp3) is 0.182. The third-order valence-corrected chi connectivity index (χ3v) is 5.22. The molecule has 3 aromatic carbocycles. The van der Waals surface area contributed by atoms with Crippen LogP contribution in [0, 0.1) is 17.5 Å². The summed E-state index contributed by atoms with van der Waals surface area (Å²) < 4.78 is 204. The van der Waals surface area contributed by atoms with Gasteiger partial charge in [-0.3, -0.25) is 0 Å². The summed E-state index contributed by atoms with van der Waals surface area (Å²) >= 11 is 0. The summed E-state index contributed by atoms with van der Waals surface area (Å²) in [7, 11) is 0. The maximum atomic E-state index is 14.7. The molecule has 0 heterocycles. The third kappa shape index (κ3) is 6.21. The smallest absolute Gasteiger partial charge is 0.207 e. The van der Waals surface area contributed by atoms with Crippen molar-refractivity contribution < 1.29 is 65.9 Å². The number of alkyl halides is 12. The molecule has 0 unspecified atom stereocenters. The molecular weight excluding hydrogens is 560 g/mol. The average Bonchev–Trinajstić information content (AvgIpc) is 2.73. The first-order valence-corrected chi connectivity index (χ1v) is 9.82. The Kier molecular flexibility index (Phi) is 7.27. The second-order valence-electron chi connectivity index (χ2n) is 7.89. The van der Waals surface area contributed by atoms with E-state index in [1.54, 1.807) is 0 Å². The Bertz CT molecular complexity index is 1180. The maximum Gasteiger partial charge on any atom is 0.416 e. The Morgan fingerprint density at radius 2 is 0.658 bits per heavy atom. The van der Waals surface area contributed by atoms with Crippen LogP contribution in [0.2, 0.25) is 0 Å². The Morgan fingerprint density at radius 3 is 0.895 bits per heavy atom. The van der Waals surface area contributed by atoms with Crippen molar-refractivity contribution in [3.63, 3.8) is 0 Å². The highest BCUT2D eigenvalue weighted by Gasteiger charge is 2.42. The van der Waals surface area contributed by atoms with Gasteiger partial charge in [-0.1, -0.05) is 35.2 Å². The molecule has 0 radical (unpaired) electrons. The van der Waals surface area contributed by atoms with Crippen LogP contribution < -0.4 is 16.4 Å². The molecule has 3 aromatic rings. The lowest BCUT2D eigenvalue weighted by atomic mass is 9.36. The highest BCUT2D eigenvalue weighted by Crippen LogP contribution is 2.36. The molecule has 0 aliphatic heterocycles. The van der Waals surface area contributed by atoms with E-state index in [1.165, 1.54) is 0 Å². The van der Waals surface area contributed by atoms with Crippen LogP contribution in [0.3, 0.4) is 0 Å². The van der Waals surface area contributed by atoms with Gasteiger partial charge in [0.2, 0.25) is 6.71 Å². The summed E-state index contributed by atoms with van der Waals surface area (Å²) in [6, 6.07) is -1.48. The van der Waals surface area contributed by atoms with Crippen LogP contribution in [0.5, 0.6) is 0 Å². The van der Waals surface area contributed by atoms with E-state index in [4.69, 9.17) is 0 Å². The number of halogens is 15. The quantitative estimate of drug-likeness (QED) is 0.244. The normalized spacial score (nSPS) is 13.1. The lowest BCUT2D eigenvalue weighted by Gasteiger charge is -2.22. The third-order valence-electron chi connectivity index (χ3n) is 5.22. The first-order chi connectivity index (χ1) is 17.1. The van der Waals surface area contributed by atoms with E-state index in [1.807, 2.05) is 0 Å². The minimum atomic E-state index is -5.54. The monoisotopic (exact) mass is 568 g/mol. The summed E-state index contributed by atoms with van der Waals surface area (Å²) in [6.45, 7) is -2.75. The molecule has 0 saturated carbocycles. The van der Waals surface area contributed by atoms with E-state index in [0.29, 0.717) is 0 Å². The van der Waals surface area contributed by atoms with Crippen LogP contribution in [0.4, 0.5) is 65.9 Å². The van der Waals surface area contributed by atoms with Crippen molar-refractivity contribution in [1.29, 1.82) is 0 Å². The van der Waals surface area contributed by atoms with Gasteiger partial charge >= 0.3 is 24.7 Å². The molecule has 0 aromatic heterocycles. The number of hydrogen-bond donors (Lipinski definition) is 0. The van der Waals surface area contributed by atoms with Gasteiger partial charge in [0.15, 0.2) is 0 Å². The molecule has 0 fully saturated rings. The Labute approximate surface area is 202 Å². The minimum Gasteiger partial charge on any atom is -0.207 e.